The van der Waals surface area contributed by atoms with Gasteiger partial charge in [-0.25, -0.2) is 0 Å². The summed E-state index contributed by atoms with van der Waals surface area (Å²) in [7, 11) is 0. The monoisotopic (exact) mass is 535 g/mol. The average molecular weight is 536 g/mol. The first-order valence-corrected chi connectivity index (χ1v) is 13.2. The third-order valence-corrected chi connectivity index (χ3v) is 5.80. The van der Waals surface area contributed by atoms with Crippen LogP contribution >= 0.6 is 0 Å². The fraction of sp³-hybridized carbons (Fsp3) is 0.364. The Morgan fingerprint density at radius 2 is 0.897 bits per heavy atom. The number of ether oxygens (including phenoxy) is 3. The zero-order valence-electron chi connectivity index (χ0n) is 27.0. The van der Waals surface area contributed by atoms with Gasteiger partial charge in [-0.3, -0.25) is 14.4 Å². The summed E-state index contributed by atoms with van der Waals surface area (Å²) in [5.41, 5.74) is 2.85. The van der Waals surface area contributed by atoms with Crippen LogP contribution < -0.4 is 0 Å². The highest BCUT2D eigenvalue weighted by atomic mass is 16.6. The van der Waals surface area contributed by atoms with Gasteiger partial charge < -0.3 is 14.2 Å². The van der Waals surface area contributed by atoms with E-state index in [1.807, 2.05) is 91.0 Å². The Hall–Kier alpha value is -3.93. The van der Waals surface area contributed by atoms with Gasteiger partial charge in [0.05, 0.1) is 6.85 Å². The van der Waals surface area contributed by atoms with Gasteiger partial charge in [-0.1, -0.05) is 91.0 Å². The van der Waals surface area contributed by atoms with Crippen molar-refractivity contribution in [3.05, 3.63) is 108 Å². The summed E-state index contributed by atoms with van der Waals surface area (Å²) in [5.74, 6) is -3.23. The Balaban J connectivity index is 1.68. The molecule has 0 spiro atoms. The second-order valence-electron chi connectivity index (χ2n) is 8.97. The van der Waals surface area contributed by atoms with Gasteiger partial charge in [0.2, 0.25) is 0 Å². The van der Waals surface area contributed by atoms with Crippen LogP contribution in [-0.2, 0) is 47.9 Å². The molecule has 0 aromatic heterocycles. The molecule has 39 heavy (non-hydrogen) atoms. The quantitative estimate of drug-likeness (QED) is 0.155. The van der Waals surface area contributed by atoms with Gasteiger partial charge in [-0.15, -0.1) is 0 Å². The van der Waals surface area contributed by atoms with Crippen molar-refractivity contribution in [2.45, 2.75) is 63.9 Å². The van der Waals surface area contributed by atoms with E-state index in [2.05, 4.69) is 0 Å². The molecule has 206 valence electrons. The van der Waals surface area contributed by atoms with Crippen LogP contribution in [0, 0.1) is 0 Å². The fourth-order valence-corrected chi connectivity index (χ4v) is 3.78. The highest BCUT2D eigenvalue weighted by Crippen LogP contribution is 2.10. The van der Waals surface area contributed by atoms with E-state index in [-0.39, 0.29) is 25.7 Å². The lowest BCUT2D eigenvalue weighted by molar-refractivity contribution is -0.167. The molecular formula is C33H38O6. The molecule has 0 heterocycles. The number of aryl methyl sites for hydroxylation is 3. The molecular weight excluding hydrogens is 492 g/mol. The molecule has 0 saturated carbocycles. The van der Waals surface area contributed by atoms with E-state index < -0.39 is 37.1 Å². The largest absolute Gasteiger partial charge is 0.462 e. The van der Waals surface area contributed by atoms with Crippen LogP contribution in [0.2, 0.25) is 0 Å². The Morgan fingerprint density at radius 1 is 0.564 bits per heavy atom. The molecule has 0 unspecified atom stereocenters. The van der Waals surface area contributed by atoms with Crippen molar-refractivity contribution in [3.63, 3.8) is 0 Å². The number of hydrogen-bond donors (Lipinski definition) is 0. The van der Waals surface area contributed by atoms with Crippen molar-refractivity contribution in [1.29, 1.82) is 0 Å². The van der Waals surface area contributed by atoms with Gasteiger partial charge in [0.25, 0.3) is 0 Å². The normalized spacial score (nSPS) is 13.6. The van der Waals surface area contributed by atoms with Crippen molar-refractivity contribution < 1.29 is 35.4 Å². The summed E-state index contributed by atoms with van der Waals surface area (Å²) in [6.45, 7) is -7.03. The molecule has 0 aliphatic heterocycles. The molecule has 3 aromatic rings. The van der Waals surface area contributed by atoms with Crippen molar-refractivity contribution in [2.75, 3.05) is 13.1 Å². The van der Waals surface area contributed by atoms with Crippen LogP contribution in [0.3, 0.4) is 0 Å². The Kier molecular flexibility index (Phi) is 10.4. The van der Waals surface area contributed by atoms with E-state index in [9.17, 15) is 14.4 Å². The lowest BCUT2D eigenvalue weighted by Crippen LogP contribution is -2.31. The molecule has 0 N–H and O–H groups in total. The Labute approximate surface area is 238 Å². The average Bonchev–Trinajstić information content (AvgIpc) is 2.98. The van der Waals surface area contributed by atoms with Crippen LogP contribution in [0.5, 0.6) is 0 Å². The van der Waals surface area contributed by atoms with Gasteiger partial charge in [-0.05, 0) is 55.2 Å². The number of carbonyl (C=O) groups excluding carboxylic acids is 3. The molecule has 0 bridgehead atoms. The van der Waals surface area contributed by atoms with E-state index in [1.54, 1.807) is 0 Å². The molecule has 6 heteroatoms. The second kappa shape index (κ2) is 17.6. The number of hydrogen-bond acceptors (Lipinski definition) is 6. The SMILES string of the molecule is [2H]C([2H])(OC(=O)CCCc1ccccc1)C([2H])(OC(=O)CCCc1ccccc1)C([2H])([2H])OC(=O)CCCc1ccccc1. The smallest absolute Gasteiger partial charge is 0.306 e. The minimum Gasteiger partial charge on any atom is -0.462 e. The third-order valence-electron chi connectivity index (χ3n) is 5.80. The number of carbonyl (C=O) groups is 3. The molecule has 6 nitrogen and oxygen atoms in total. The zero-order chi connectivity index (χ0) is 32.1. The lowest BCUT2D eigenvalue weighted by Gasteiger charge is -2.18. The van der Waals surface area contributed by atoms with E-state index in [0.717, 1.165) is 16.7 Å². The minimum atomic E-state index is -3.56. The first-order valence-electron chi connectivity index (χ1n) is 15.7. The molecule has 3 rings (SSSR count). The summed E-state index contributed by atoms with van der Waals surface area (Å²) >= 11 is 0. The first kappa shape index (κ1) is 23.0. The van der Waals surface area contributed by atoms with Crippen LogP contribution in [0.15, 0.2) is 91.0 Å². The third kappa shape index (κ3) is 12.9. The van der Waals surface area contributed by atoms with Crippen molar-refractivity contribution in [1.82, 2.24) is 0 Å². The molecule has 0 aliphatic carbocycles. The number of benzene rings is 3. The van der Waals surface area contributed by atoms with Gasteiger partial charge in [0.1, 0.15) is 13.1 Å². The van der Waals surface area contributed by atoms with Crippen LogP contribution in [0.4, 0.5) is 0 Å². The molecule has 0 atom stereocenters. The van der Waals surface area contributed by atoms with Gasteiger partial charge in [-0.2, -0.15) is 0 Å². The van der Waals surface area contributed by atoms with E-state index in [1.165, 1.54) is 0 Å². The molecule has 0 saturated heterocycles. The van der Waals surface area contributed by atoms with Crippen LogP contribution in [0.1, 0.15) is 62.1 Å². The highest BCUT2D eigenvalue weighted by molar-refractivity contribution is 5.71. The van der Waals surface area contributed by atoms with E-state index >= 15 is 0 Å². The first-order chi connectivity index (χ1) is 20.9. The Bertz CT molecular complexity index is 1270. The van der Waals surface area contributed by atoms with E-state index in [0.29, 0.717) is 32.1 Å². The molecule has 0 radical (unpaired) electrons. The lowest BCUT2D eigenvalue weighted by atomic mass is 10.1. The molecule has 0 fully saturated rings. The van der Waals surface area contributed by atoms with Crippen molar-refractivity contribution in [3.8, 4) is 0 Å². The summed E-state index contributed by atoms with van der Waals surface area (Å²) in [5, 5.41) is 0. The van der Waals surface area contributed by atoms with Crippen molar-refractivity contribution in [2.24, 2.45) is 0 Å². The summed E-state index contributed by atoms with van der Waals surface area (Å²) < 4.78 is 57.2. The van der Waals surface area contributed by atoms with Gasteiger partial charge in [0, 0.05) is 19.3 Å². The van der Waals surface area contributed by atoms with Gasteiger partial charge in [0.15, 0.2) is 6.08 Å². The molecule has 0 aliphatic rings. The molecule has 3 aromatic carbocycles. The zero-order valence-corrected chi connectivity index (χ0v) is 22.0. The fourth-order valence-electron chi connectivity index (χ4n) is 3.78. The number of esters is 3. The van der Waals surface area contributed by atoms with Crippen LogP contribution in [0.25, 0.3) is 0 Å². The summed E-state index contributed by atoms with van der Waals surface area (Å²) in [6, 6.07) is 27.9. The van der Waals surface area contributed by atoms with Gasteiger partial charge >= 0.3 is 17.9 Å². The topological polar surface area (TPSA) is 78.9 Å². The minimum absolute atomic E-state index is 0.238. The summed E-state index contributed by atoms with van der Waals surface area (Å²) in [4.78, 5) is 38.1. The molecule has 0 amide bonds. The summed E-state index contributed by atoms with van der Waals surface area (Å²) in [6.07, 6.45) is -1.97. The number of rotatable bonds is 17. The predicted molar refractivity (Wildman–Crippen MR) is 150 cm³/mol. The highest BCUT2D eigenvalue weighted by Gasteiger charge is 2.19. The maximum absolute atomic E-state index is 12.8. The Morgan fingerprint density at radius 3 is 1.26 bits per heavy atom. The predicted octanol–water partition coefficient (Wildman–Crippen LogP) is 6.05. The van der Waals surface area contributed by atoms with E-state index in [4.69, 9.17) is 21.1 Å². The maximum atomic E-state index is 12.8. The standard InChI is InChI=1S/C33H38O6/c34-31(22-10-19-27-13-4-1-5-14-27)37-25-30(39-33(36)24-12-21-29-17-8-3-9-18-29)26-38-32(35)23-11-20-28-15-6-2-7-16-28/h1-9,13-18,30H,10-12,19-26H2/i25D2,26D2,30D. The maximum Gasteiger partial charge on any atom is 0.306 e. The van der Waals surface area contributed by atoms with Crippen LogP contribution in [-0.4, -0.2) is 37.1 Å². The van der Waals surface area contributed by atoms with Crippen molar-refractivity contribution >= 4 is 17.9 Å². The second-order valence-corrected chi connectivity index (χ2v) is 8.97.